The number of piperidine rings is 1. The standard InChI is InChI=1S/C25H28N6O/c1-19-26-13-15-30(19)17-23(32)31-14-7-12-25(18-31)24(27-16-20-8-3-2-4-9-20)28-21-10-5-6-11-22(21)29-25/h2-6,8-11,13,15,29H,7,12,14,16-18H2,1H3,(H,27,28). The first-order valence-electron chi connectivity index (χ1n) is 11.1. The lowest BCUT2D eigenvalue weighted by atomic mass is 9.85. The third-order valence-corrected chi connectivity index (χ3v) is 6.34. The molecule has 2 N–H and O–H groups in total. The van der Waals surface area contributed by atoms with Gasteiger partial charge >= 0.3 is 0 Å². The van der Waals surface area contributed by atoms with E-state index in [1.165, 1.54) is 0 Å². The Kier molecular flexibility index (Phi) is 5.39. The number of benzene rings is 2. The molecule has 2 aromatic carbocycles. The maximum absolute atomic E-state index is 13.2. The SMILES string of the molecule is Cc1nccn1CC(=O)N1CCCC2(C1)Nc1ccccc1NC2=NCc1ccccc1. The summed E-state index contributed by atoms with van der Waals surface area (Å²) in [4.78, 5) is 24.4. The molecule has 7 nitrogen and oxygen atoms in total. The number of nitrogens with one attached hydrogen (secondary N) is 2. The van der Waals surface area contributed by atoms with Crippen molar-refractivity contribution < 1.29 is 4.79 Å². The number of likely N-dealkylation sites (tertiary alicyclic amines) is 1. The maximum Gasteiger partial charge on any atom is 0.242 e. The van der Waals surface area contributed by atoms with E-state index in [0.29, 0.717) is 19.6 Å². The molecule has 1 amide bonds. The Morgan fingerprint density at radius 3 is 2.69 bits per heavy atom. The number of para-hydroxylation sites is 2. The van der Waals surface area contributed by atoms with Crippen molar-refractivity contribution in [1.29, 1.82) is 0 Å². The first-order chi connectivity index (χ1) is 15.6. The van der Waals surface area contributed by atoms with Crippen molar-refractivity contribution >= 4 is 23.1 Å². The molecule has 1 spiro atoms. The first-order valence-corrected chi connectivity index (χ1v) is 11.1. The fraction of sp³-hybridized carbons (Fsp3) is 0.320. The predicted octanol–water partition coefficient (Wildman–Crippen LogP) is 3.69. The van der Waals surface area contributed by atoms with Gasteiger partial charge in [-0.15, -0.1) is 0 Å². The second-order valence-corrected chi connectivity index (χ2v) is 8.55. The maximum atomic E-state index is 13.2. The molecule has 1 atom stereocenters. The van der Waals surface area contributed by atoms with Gasteiger partial charge in [-0.3, -0.25) is 9.79 Å². The summed E-state index contributed by atoms with van der Waals surface area (Å²) in [6.45, 7) is 4.15. The quantitative estimate of drug-likeness (QED) is 0.665. The van der Waals surface area contributed by atoms with Crippen molar-refractivity contribution in [2.45, 2.75) is 38.4 Å². The molecule has 0 saturated carbocycles. The highest BCUT2D eigenvalue weighted by molar-refractivity contribution is 6.10. The summed E-state index contributed by atoms with van der Waals surface area (Å²) < 4.78 is 1.90. The van der Waals surface area contributed by atoms with E-state index in [-0.39, 0.29) is 5.91 Å². The van der Waals surface area contributed by atoms with Crippen molar-refractivity contribution in [1.82, 2.24) is 14.5 Å². The summed E-state index contributed by atoms with van der Waals surface area (Å²) in [6, 6.07) is 18.4. The normalized spacial score (nSPS) is 21.2. The number of amidine groups is 1. The minimum Gasteiger partial charge on any atom is -0.370 e. The summed E-state index contributed by atoms with van der Waals surface area (Å²) >= 11 is 0. The molecule has 1 aromatic heterocycles. The molecular weight excluding hydrogens is 400 g/mol. The molecule has 0 bridgehead atoms. The van der Waals surface area contributed by atoms with E-state index in [4.69, 9.17) is 4.99 Å². The molecule has 3 heterocycles. The highest BCUT2D eigenvalue weighted by atomic mass is 16.2. The van der Waals surface area contributed by atoms with Crippen LogP contribution in [0.25, 0.3) is 0 Å². The van der Waals surface area contributed by atoms with Crippen LogP contribution in [0.5, 0.6) is 0 Å². The van der Waals surface area contributed by atoms with E-state index in [9.17, 15) is 4.79 Å². The van der Waals surface area contributed by atoms with Gasteiger partial charge in [-0.1, -0.05) is 42.5 Å². The van der Waals surface area contributed by atoms with Gasteiger partial charge in [0.2, 0.25) is 5.91 Å². The fourth-order valence-corrected chi connectivity index (χ4v) is 4.59. The van der Waals surface area contributed by atoms with Gasteiger partial charge in [0.15, 0.2) is 0 Å². The van der Waals surface area contributed by atoms with Crippen molar-refractivity contribution in [3.05, 3.63) is 78.4 Å². The average molecular weight is 429 g/mol. The topological polar surface area (TPSA) is 74.6 Å². The van der Waals surface area contributed by atoms with Gasteiger partial charge in [0.05, 0.1) is 24.5 Å². The Morgan fingerprint density at radius 2 is 1.91 bits per heavy atom. The zero-order valence-corrected chi connectivity index (χ0v) is 18.3. The van der Waals surface area contributed by atoms with Gasteiger partial charge in [-0.05, 0) is 37.5 Å². The van der Waals surface area contributed by atoms with Crippen molar-refractivity contribution in [3.8, 4) is 0 Å². The number of hydrogen-bond donors (Lipinski definition) is 2. The number of aliphatic imine (C=N–C) groups is 1. The van der Waals surface area contributed by atoms with Crippen LogP contribution in [0.2, 0.25) is 0 Å². The number of hydrogen-bond acceptors (Lipinski definition) is 4. The zero-order valence-electron chi connectivity index (χ0n) is 18.3. The summed E-state index contributed by atoms with van der Waals surface area (Å²) in [6.07, 6.45) is 5.42. The summed E-state index contributed by atoms with van der Waals surface area (Å²) in [5.74, 6) is 1.85. The lowest BCUT2D eigenvalue weighted by Crippen LogP contribution is -2.62. The van der Waals surface area contributed by atoms with E-state index < -0.39 is 5.54 Å². The van der Waals surface area contributed by atoms with Gasteiger partial charge in [-0.25, -0.2) is 4.98 Å². The Hall–Kier alpha value is -3.61. The summed E-state index contributed by atoms with van der Waals surface area (Å²) in [5, 5.41) is 7.32. The van der Waals surface area contributed by atoms with Crippen molar-refractivity contribution in [2.75, 3.05) is 23.7 Å². The summed E-state index contributed by atoms with van der Waals surface area (Å²) in [7, 11) is 0. The van der Waals surface area contributed by atoms with Gasteiger partial charge in [-0.2, -0.15) is 0 Å². The molecule has 5 rings (SSSR count). The molecule has 32 heavy (non-hydrogen) atoms. The van der Waals surface area contributed by atoms with Crippen LogP contribution in [0.3, 0.4) is 0 Å². The van der Waals surface area contributed by atoms with Crippen LogP contribution < -0.4 is 10.6 Å². The van der Waals surface area contributed by atoms with E-state index in [0.717, 1.165) is 48.0 Å². The third-order valence-electron chi connectivity index (χ3n) is 6.34. The third kappa shape index (κ3) is 3.98. The Labute approximate surface area is 188 Å². The second kappa shape index (κ2) is 8.49. The minimum atomic E-state index is -0.430. The zero-order chi connectivity index (χ0) is 22.0. The van der Waals surface area contributed by atoms with Crippen LogP contribution in [0.1, 0.15) is 24.2 Å². The Balaban J connectivity index is 1.43. The summed E-state index contributed by atoms with van der Waals surface area (Å²) in [5.41, 5.74) is 2.80. The molecule has 2 aliphatic heterocycles. The lowest BCUT2D eigenvalue weighted by molar-refractivity contribution is -0.133. The molecule has 2 aliphatic rings. The highest BCUT2D eigenvalue weighted by Crippen LogP contribution is 2.36. The average Bonchev–Trinajstić information content (AvgIpc) is 3.22. The van der Waals surface area contributed by atoms with E-state index in [1.54, 1.807) is 6.20 Å². The molecule has 1 unspecified atom stereocenters. The van der Waals surface area contributed by atoms with E-state index in [1.807, 2.05) is 52.9 Å². The van der Waals surface area contributed by atoms with Gasteiger partial charge < -0.3 is 20.1 Å². The molecule has 164 valence electrons. The number of amides is 1. The van der Waals surface area contributed by atoms with Crippen LogP contribution in [0.15, 0.2) is 72.0 Å². The van der Waals surface area contributed by atoms with Crippen molar-refractivity contribution in [2.24, 2.45) is 4.99 Å². The number of carbonyl (C=O) groups is 1. The second-order valence-electron chi connectivity index (χ2n) is 8.55. The lowest BCUT2D eigenvalue weighted by Gasteiger charge is -2.47. The smallest absolute Gasteiger partial charge is 0.242 e. The van der Waals surface area contributed by atoms with Crippen molar-refractivity contribution in [3.63, 3.8) is 0 Å². The largest absolute Gasteiger partial charge is 0.370 e. The van der Waals surface area contributed by atoms with Crippen LogP contribution in [-0.4, -0.2) is 44.8 Å². The number of carbonyl (C=O) groups excluding carboxylic acids is 1. The van der Waals surface area contributed by atoms with Gasteiger partial charge in [0.25, 0.3) is 0 Å². The Bertz CT molecular complexity index is 1140. The van der Waals surface area contributed by atoms with Gasteiger partial charge in [0.1, 0.15) is 23.7 Å². The molecular formula is C25H28N6O. The first kappa shape index (κ1) is 20.3. The highest BCUT2D eigenvalue weighted by Gasteiger charge is 2.44. The molecule has 7 heteroatoms. The van der Waals surface area contributed by atoms with Crippen LogP contribution in [0, 0.1) is 6.92 Å². The van der Waals surface area contributed by atoms with E-state index >= 15 is 0 Å². The predicted molar refractivity (Wildman–Crippen MR) is 127 cm³/mol. The fourth-order valence-electron chi connectivity index (χ4n) is 4.59. The molecule has 1 saturated heterocycles. The number of aromatic nitrogens is 2. The minimum absolute atomic E-state index is 0.105. The number of rotatable bonds is 4. The number of imidazole rings is 1. The number of anilines is 2. The number of aryl methyl sites for hydroxylation is 1. The molecule has 1 fully saturated rings. The van der Waals surface area contributed by atoms with Gasteiger partial charge in [0, 0.05) is 18.9 Å². The number of nitrogens with zero attached hydrogens (tertiary/aromatic N) is 4. The monoisotopic (exact) mass is 428 g/mol. The van der Waals surface area contributed by atoms with Crippen LogP contribution in [0.4, 0.5) is 11.4 Å². The molecule has 0 aliphatic carbocycles. The van der Waals surface area contributed by atoms with E-state index in [2.05, 4.69) is 39.9 Å². The molecule has 0 radical (unpaired) electrons. The molecule has 3 aromatic rings. The van der Waals surface area contributed by atoms with Crippen LogP contribution in [-0.2, 0) is 17.9 Å². The van der Waals surface area contributed by atoms with Crippen LogP contribution >= 0.6 is 0 Å². The Morgan fingerprint density at radius 1 is 1.12 bits per heavy atom. The number of fused-ring (bicyclic) bond motifs is 1.